The third-order valence-electron chi connectivity index (χ3n) is 6.20. The number of aromatic nitrogens is 2. The molecule has 3 amide bonds. The summed E-state index contributed by atoms with van der Waals surface area (Å²) in [4.78, 5) is 60.6. The Kier molecular flexibility index (Phi) is 8.73. The van der Waals surface area contributed by atoms with E-state index in [2.05, 4.69) is 15.3 Å². The minimum atomic E-state index is -1.06. The van der Waals surface area contributed by atoms with Crippen LogP contribution in [0.4, 0.5) is 0 Å². The highest BCUT2D eigenvalue weighted by molar-refractivity contribution is 7.98. The zero-order chi connectivity index (χ0) is 24.0. The number of H-pyrrole nitrogens is 1. The molecule has 0 aliphatic carbocycles. The van der Waals surface area contributed by atoms with Gasteiger partial charge in [0.25, 0.3) is 0 Å². The maximum absolute atomic E-state index is 13.3. The Hall–Kier alpha value is -2.60. The maximum Gasteiger partial charge on any atom is 0.326 e. The number of carbonyl (C=O) groups excluding carboxylic acids is 3. The molecule has 3 rings (SSSR count). The monoisotopic (exact) mass is 480 g/mol. The normalized spacial score (nSPS) is 22.2. The van der Waals surface area contributed by atoms with Gasteiger partial charge in [-0.3, -0.25) is 14.4 Å². The highest BCUT2D eigenvalue weighted by Gasteiger charge is 2.41. The van der Waals surface area contributed by atoms with Crippen molar-refractivity contribution in [2.75, 3.05) is 25.1 Å². The SMILES string of the molecule is CSCCC(N)C(=O)N1CCCC1C(=O)NC(Cc1cnc[nH]1)C(=O)N1CCCC1C(=O)O. The van der Waals surface area contributed by atoms with Gasteiger partial charge < -0.3 is 30.9 Å². The molecule has 1 aromatic heterocycles. The van der Waals surface area contributed by atoms with Crippen molar-refractivity contribution >= 4 is 35.5 Å². The van der Waals surface area contributed by atoms with Crippen LogP contribution >= 0.6 is 11.8 Å². The quantitative estimate of drug-likeness (QED) is 0.351. The number of aliphatic carboxylic acids is 1. The highest BCUT2D eigenvalue weighted by Crippen LogP contribution is 2.22. The number of carboxylic acids is 1. The van der Waals surface area contributed by atoms with Crippen LogP contribution < -0.4 is 11.1 Å². The lowest BCUT2D eigenvalue weighted by molar-refractivity contribution is -0.149. The zero-order valence-corrected chi connectivity index (χ0v) is 19.6. The average molecular weight is 481 g/mol. The van der Waals surface area contributed by atoms with Crippen molar-refractivity contribution in [2.24, 2.45) is 5.73 Å². The summed E-state index contributed by atoms with van der Waals surface area (Å²) in [6.45, 7) is 0.764. The minimum Gasteiger partial charge on any atom is -0.480 e. The lowest BCUT2D eigenvalue weighted by Crippen LogP contribution is -2.57. The second kappa shape index (κ2) is 11.5. The summed E-state index contributed by atoms with van der Waals surface area (Å²) in [6, 6.07) is -3.25. The molecule has 0 radical (unpaired) electrons. The Balaban J connectivity index is 1.73. The number of hydrogen-bond acceptors (Lipinski definition) is 7. The lowest BCUT2D eigenvalue weighted by Gasteiger charge is -2.30. The van der Waals surface area contributed by atoms with Gasteiger partial charge in [0.1, 0.15) is 18.1 Å². The second-order valence-corrected chi connectivity index (χ2v) is 9.43. The molecule has 4 unspecified atom stereocenters. The number of thioether (sulfide) groups is 1. The molecule has 0 bridgehead atoms. The molecule has 33 heavy (non-hydrogen) atoms. The summed E-state index contributed by atoms with van der Waals surface area (Å²) in [5, 5.41) is 12.3. The van der Waals surface area contributed by atoms with Crippen molar-refractivity contribution in [3.63, 3.8) is 0 Å². The largest absolute Gasteiger partial charge is 0.480 e. The van der Waals surface area contributed by atoms with E-state index in [9.17, 15) is 24.3 Å². The number of carboxylic acid groups (broad SMARTS) is 1. The van der Waals surface area contributed by atoms with Crippen LogP contribution in [0.25, 0.3) is 0 Å². The van der Waals surface area contributed by atoms with Crippen LogP contribution in [-0.4, -0.2) is 97.8 Å². The number of nitrogens with zero attached hydrogens (tertiary/aromatic N) is 3. The lowest BCUT2D eigenvalue weighted by atomic mass is 10.1. The Morgan fingerprint density at radius 1 is 1.21 bits per heavy atom. The van der Waals surface area contributed by atoms with Gasteiger partial charge in [0.15, 0.2) is 0 Å². The number of nitrogens with one attached hydrogen (secondary N) is 2. The molecule has 3 heterocycles. The average Bonchev–Trinajstić information content (AvgIpc) is 3.56. The van der Waals surface area contributed by atoms with Crippen molar-refractivity contribution < 1.29 is 24.3 Å². The standard InChI is InChI=1S/C21H32N6O5S/c1-33-9-6-14(22)19(29)26-7-2-4-16(26)18(28)25-15(10-13-11-23-12-24-13)20(30)27-8-3-5-17(27)21(31)32/h11-12,14-17H,2-10,22H2,1H3,(H,23,24)(H,25,28)(H,31,32). The van der Waals surface area contributed by atoms with E-state index < -0.39 is 42.0 Å². The molecular weight excluding hydrogens is 448 g/mol. The Morgan fingerprint density at radius 2 is 1.88 bits per heavy atom. The second-order valence-electron chi connectivity index (χ2n) is 8.45. The van der Waals surface area contributed by atoms with Crippen LogP contribution in [0.15, 0.2) is 12.5 Å². The summed E-state index contributed by atoms with van der Waals surface area (Å²) in [6.07, 6.45) is 7.76. The van der Waals surface area contributed by atoms with Gasteiger partial charge in [-0.25, -0.2) is 9.78 Å². The van der Waals surface area contributed by atoms with Crippen LogP contribution in [-0.2, 0) is 25.6 Å². The summed E-state index contributed by atoms with van der Waals surface area (Å²) in [5.74, 6) is -1.45. The molecule has 5 N–H and O–H groups in total. The predicted octanol–water partition coefficient (Wildman–Crippen LogP) is -0.416. The number of carbonyl (C=O) groups is 4. The van der Waals surface area contributed by atoms with Gasteiger partial charge in [-0.1, -0.05) is 0 Å². The van der Waals surface area contributed by atoms with Gasteiger partial charge in [0.2, 0.25) is 17.7 Å². The van der Waals surface area contributed by atoms with Crippen LogP contribution in [0.2, 0.25) is 0 Å². The van der Waals surface area contributed by atoms with E-state index >= 15 is 0 Å². The van der Waals surface area contributed by atoms with E-state index in [0.29, 0.717) is 50.9 Å². The summed E-state index contributed by atoms with van der Waals surface area (Å²) in [5.41, 5.74) is 6.69. The van der Waals surface area contributed by atoms with Crippen molar-refractivity contribution in [3.8, 4) is 0 Å². The first-order chi connectivity index (χ1) is 15.8. The first-order valence-electron chi connectivity index (χ1n) is 11.2. The van der Waals surface area contributed by atoms with E-state index in [1.54, 1.807) is 18.0 Å². The molecule has 1 aromatic rings. The number of hydrogen-bond donors (Lipinski definition) is 4. The fourth-order valence-corrected chi connectivity index (χ4v) is 4.95. The first kappa shape index (κ1) is 25.0. The predicted molar refractivity (Wildman–Crippen MR) is 122 cm³/mol. The van der Waals surface area contributed by atoms with Gasteiger partial charge in [-0.2, -0.15) is 11.8 Å². The zero-order valence-electron chi connectivity index (χ0n) is 18.7. The molecule has 12 heteroatoms. The maximum atomic E-state index is 13.3. The summed E-state index contributed by atoms with van der Waals surface area (Å²) < 4.78 is 0. The Morgan fingerprint density at radius 3 is 2.48 bits per heavy atom. The Labute approximate surface area is 196 Å². The molecule has 4 atom stereocenters. The Bertz CT molecular complexity index is 850. The fraction of sp³-hybridized carbons (Fsp3) is 0.667. The number of aromatic amines is 1. The van der Waals surface area contributed by atoms with Crippen molar-refractivity contribution in [3.05, 3.63) is 18.2 Å². The van der Waals surface area contributed by atoms with E-state index in [1.165, 1.54) is 16.1 Å². The number of rotatable bonds is 10. The van der Waals surface area contributed by atoms with Crippen molar-refractivity contribution in [2.45, 2.75) is 62.7 Å². The molecule has 0 aromatic carbocycles. The molecule has 182 valence electrons. The number of imidazole rings is 1. The summed E-state index contributed by atoms with van der Waals surface area (Å²) >= 11 is 1.60. The molecule has 0 spiro atoms. The van der Waals surface area contributed by atoms with Crippen molar-refractivity contribution in [1.82, 2.24) is 25.1 Å². The van der Waals surface area contributed by atoms with E-state index in [0.717, 1.165) is 5.75 Å². The minimum absolute atomic E-state index is 0.140. The first-order valence-corrected chi connectivity index (χ1v) is 12.6. The topological polar surface area (TPSA) is 162 Å². The number of amides is 3. The van der Waals surface area contributed by atoms with E-state index in [-0.39, 0.29) is 12.3 Å². The highest BCUT2D eigenvalue weighted by atomic mass is 32.2. The van der Waals surface area contributed by atoms with Gasteiger partial charge >= 0.3 is 5.97 Å². The van der Waals surface area contributed by atoms with Crippen LogP contribution in [0.3, 0.4) is 0 Å². The molecule has 11 nitrogen and oxygen atoms in total. The van der Waals surface area contributed by atoms with Crippen molar-refractivity contribution in [1.29, 1.82) is 0 Å². The molecule has 0 saturated carbocycles. The van der Waals surface area contributed by atoms with Gasteiger partial charge in [-0.05, 0) is 44.1 Å². The van der Waals surface area contributed by atoms with E-state index in [4.69, 9.17) is 5.73 Å². The fourth-order valence-electron chi connectivity index (χ4n) is 4.46. The number of likely N-dealkylation sites (tertiary alicyclic amines) is 2. The molecular formula is C21H32N6O5S. The third kappa shape index (κ3) is 6.05. The molecule has 2 aliphatic rings. The smallest absolute Gasteiger partial charge is 0.326 e. The van der Waals surface area contributed by atoms with Crippen LogP contribution in [0.5, 0.6) is 0 Å². The molecule has 2 saturated heterocycles. The summed E-state index contributed by atoms with van der Waals surface area (Å²) in [7, 11) is 0. The molecule has 2 aliphatic heterocycles. The third-order valence-corrected chi connectivity index (χ3v) is 6.85. The number of nitrogens with two attached hydrogens (primary N) is 1. The van der Waals surface area contributed by atoms with Gasteiger partial charge in [-0.15, -0.1) is 0 Å². The molecule has 2 fully saturated rings. The van der Waals surface area contributed by atoms with Gasteiger partial charge in [0.05, 0.1) is 12.4 Å². The van der Waals surface area contributed by atoms with Crippen LogP contribution in [0.1, 0.15) is 37.8 Å². The van der Waals surface area contributed by atoms with Gasteiger partial charge in [0, 0.05) is 31.4 Å². The van der Waals surface area contributed by atoms with Crippen LogP contribution in [0, 0.1) is 0 Å². The van der Waals surface area contributed by atoms with E-state index in [1.807, 2.05) is 6.26 Å².